The lowest BCUT2D eigenvalue weighted by Gasteiger charge is -2.14. The summed E-state index contributed by atoms with van der Waals surface area (Å²) >= 11 is 7.14. The third-order valence-electron chi connectivity index (χ3n) is 3.03. The van der Waals surface area contributed by atoms with Crippen molar-refractivity contribution < 1.29 is 22.7 Å². The van der Waals surface area contributed by atoms with Gasteiger partial charge in [-0.15, -0.1) is 11.3 Å². The highest BCUT2D eigenvalue weighted by Crippen LogP contribution is 2.26. The topological polar surface area (TPSA) is 92.8 Å². The summed E-state index contributed by atoms with van der Waals surface area (Å²) in [6.07, 6.45) is 0. The Kier molecular flexibility index (Phi) is 6.17. The van der Waals surface area contributed by atoms with E-state index in [0.29, 0.717) is 4.88 Å². The number of carbonyl (C=O) groups excluding carboxylic acids is 2. The van der Waals surface area contributed by atoms with Crippen molar-refractivity contribution in [3.63, 3.8) is 0 Å². The van der Waals surface area contributed by atoms with E-state index in [-0.39, 0.29) is 15.6 Å². The van der Waals surface area contributed by atoms with Crippen LogP contribution in [0.25, 0.3) is 0 Å². The van der Waals surface area contributed by atoms with Crippen LogP contribution in [0.5, 0.6) is 0 Å². The summed E-state index contributed by atoms with van der Waals surface area (Å²) in [6, 6.07) is 7.35. The summed E-state index contributed by atoms with van der Waals surface area (Å²) in [5.41, 5.74) is 0.224. The molecule has 2 aromatic rings. The van der Waals surface area contributed by atoms with Gasteiger partial charge in [-0.05, 0) is 29.6 Å². The van der Waals surface area contributed by atoms with Gasteiger partial charge in [-0.3, -0.25) is 4.79 Å². The van der Waals surface area contributed by atoms with Gasteiger partial charge in [0.2, 0.25) is 10.0 Å². The second-order valence-corrected chi connectivity index (χ2v) is 8.51. The Morgan fingerprint density at radius 3 is 2.60 bits per heavy atom. The van der Waals surface area contributed by atoms with Gasteiger partial charge in [0, 0.05) is 19.8 Å². The molecular weight excluding hydrogens is 388 g/mol. The standard InChI is InChI=1S/C15H15ClN2O5S2/c1-18(2)25(21,22)13-8-10(5-6-11(13)16)17-14(19)9-23-15(20)12-4-3-7-24-12/h3-8H,9H2,1-2H3,(H,17,19). The van der Waals surface area contributed by atoms with E-state index in [2.05, 4.69) is 5.32 Å². The first kappa shape index (κ1) is 19.4. The zero-order chi connectivity index (χ0) is 18.6. The lowest BCUT2D eigenvalue weighted by molar-refractivity contribution is -0.119. The van der Waals surface area contributed by atoms with Crippen molar-refractivity contribution in [1.82, 2.24) is 4.31 Å². The van der Waals surface area contributed by atoms with Crippen LogP contribution < -0.4 is 5.32 Å². The number of hydrogen-bond donors (Lipinski definition) is 1. The minimum absolute atomic E-state index is 0.0378. The summed E-state index contributed by atoms with van der Waals surface area (Å²) in [5, 5.41) is 4.22. The Bertz CT molecular complexity index is 879. The number of benzene rings is 1. The Balaban J connectivity index is 2.05. The van der Waals surface area contributed by atoms with Crippen molar-refractivity contribution in [2.24, 2.45) is 0 Å². The van der Waals surface area contributed by atoms with Crippen LogP contribution in [0.15, 0.2) is 40.6 Å². The highest BCUT2D eigenvalue weighted by Gasteiger charge is 2.21. The lowest BCUT2D eigenvalue weighted by Crippen LogP contribution is -2.23. The highest BCUT2D eigenvalue weighted by atomic mass is 35.5. The minimum Gasteiger partial charge on any atom is -0.451 e. The molecular formula is C15H15ClN2O5S2. The Morgan fingerprint density at radius 2 is 2.00 bits per heavy atom. The number of hydrogen-bond acceptors (Lipinski definition) is 6. The number of sulfonamides is 1. The largest absolute Gasteiger partial charge is 0.451 e. The van der Waals surface area contributed by atoms with Crippen molar-refractivity contribution in [1.29, 1.82) is 0 Å². The number of thiophene rings is 1. The number of carbonyl (C=O) groups is 2. The molecule has 7 nitrogen and oxygen atoms in total. The average Bonchev–Trinajstić information content (AvgIpc) is 3.08. The van der Waals surface area contributed by atoms with Crippen LogP contribution in [-0.4, -0.2) is 45.3 Å². The van der Waals surface area contributed by atoms with Crippen molar-refractivity contribution in [2.45, 2.75) is 4.90 Å². The normalized spacial score (nSPS) is 11.4. The minimum atomic E-state index is -3.76. The number of nitrogens with one attached hydrogen (secondary N) is 1. The molecule has 134 valence electrons. The first-order valence-electron chi connectivity index (χ1n) is 6.94. The van der Waals surface area contributed by atoms with E-state index < -0.39 is 28.5 Å². The Labute approximate surface area is 154 Å². The van der Waals surface area contributed by atoms with Crippen LogP contribution in [0.4, 0.5) is 5.69 Å². The summed E-state index contributed by atoms with van der Waals surface area (Å²) in [7, 11) is -1.00. The maximum absolute atomic E-state index is 12.2. The fourth-order valence-corrected chi connectivity index (χ4v) is 3.78. The third-order valence-corrected chi connectivity index (χ3v) is 6.18. The molecule has 0 aliphatic carbocycles. The molecule has 1 aromatic heterocycles. The van der Waals surface area contributed by atoms with E-state index in [1.807, 2.05) is 0 Å². The SMILES string of the molecule is CN(C)S(=O)(=O)c1cc(NC(=O)COC(=O)c2cccs2)ccc1Cl. The number of rotatable bonds is 6. The van der Waals surface area contributed by atoms with Crippen LogP contribution in [-0.2, 0) is 19.6 Å². The molecule has 1 amide bonds. The Morgan fingerprint density at radius 1 is 1.28 bits per heavy atom. The smallest absolute Gasteiger partial charge is 0.348 e. The fourth-order valence-electron chi connectivity index (χ4n) is 1.77. The van der Waals surface area contributed by atoms with Gasteiger partial charge in [0.15, 0.2) is 6.61 Å². The molecule has 0 spiro atoms. The van der Waals surface area contributed by atoms with E-state index in [1.54, 1.807) is 17.5 Å². The number of halogens is 1. The average molecular weight is 403 g/mol. The van der Waals surface area contributed by atoms with Crippen molar-refractivity contribution in [3.05, 3.63) is 45.6 Å². The van der Waals surface area contributed by atoms with Crippen molar-refractivity contribution in [2.75, 3.05) is 26.0 Å². The molecule has 1 N–H and O–H groups in total. The number of amides is 1. The van der Waals surface area contributed by atoms with Crippen LogP contribution in [0.1, 0.15) is 9.67 Å². The number of ether oxygens (including phenoxy) is 1. The zero-order valence-electron chi connectivity index (χ0n) is 13.4. The second kappa shape index (κ2) is 7.96. The predicted octanol–water partition coefficient (Wildman–Crippen LogP) is 2.45. The molecule has 0 bridgehead atoms. The Hall–Kier alpha value is -1.94. The van der Waals surface area contributed by atoms with E-state index in [1.165, 1.54) is 43.6 Å². The summed E-state index contributed by atoms with van der Waals surface area (Å²) in [6.45, 7) is -0.491. The van der Waals surface area contributed by atoms with Crippen molar-refractivity contribution >= 4 is 50.5 Å². The highest BCUT2D eigenvalue weighted by molar-refractivity contribution is 7.89. The van der Waals surface area contributed by atoms with Gasteiger partial charge in [-0.25, -0.2) is 17.5 Å². The molecule has 0 fully saturated rings. The van der Waals surface area contributed by atoms with Gasteiger partial charge >= 0.3 is 5.97 Å². The first-order valence-corrected chi connectivity index (χ1v) is 9.64. The van der Waals surface area contributed by atoms with E-state index >= 15 is 0 Å². The first-order chi connectivity index (χ1) is 11.7. The van der Waals surface area contributed by atoms with Crippen LogP contribution >= 0.6 is 22.9 Å². The van der Waals surface area contributed by atoms with Gasteiger partial charge in [-0.2, -0.15) is 0 Å². The molecule has 0 aliphatic rings. The number of anilines is 1. The molecule has 0 aliphatic heterocycles. The molecule has 0 saturated carbocycles. The van der Waals surface area contributed by atoms with Crippen molar-refractivity contribution in [3.8, 4) is 0 Å². The van der Waals surface area contributed by atoms with E-state index in [4.69, 9.17) is 16.3 Å². The summed E-state index contributed by atoms with van der Waals surface area (Å²) in [5.74, 6) is -1.20. The van der Waals surface area contributed by atoms with E-state index in [9.17, 15) is 18.0 Å². The molecule has 0 unspecified atom stereocenters. The quantitative estimate of drug-likeness (QED) is 0.749. The molecule has 0 saturated heterocycles. The molecule has 0 atom stereocenters. The van der Waals surface area contributed by atoms with Crippen LogP contribution in [0, 0.1) is 0 Å². The molecule has 1 aromatic carbocycles. The molecule has 1 heterocycles. The number of nitrogens with zero attached hydrogens (tertiary/aromatic N) is 1. The van der Waals surface area contributed by atoms with E-state index in [0.717, 1.165) is 4.31 Å². The van der Waals surface area contributed by atoms with Gasteiger partial charge < -0.3 is 10.1 Å². The van der Waals surface area contributed by atoms with Gasteiger partial charge in [-0.1, -0.05) is 17.7 Å². The molecule has 10 heteroatoms. The molecule has 0 radical (unpaired) electrons. The van der Waals surface area contributed by atoms with Gasteiger partial charge in [0.05, 0.1) is 5.02 Å². The monoisotopic (exact) mass is 402 g/mol. The fraction of sp³-hybridized carbons (Fsp3) is 0.200. The molecule has 25 heavy (non-hydrogen) atoms. The maximum Gasteiger partial charge on any atom is 0.348 e. The van der Waals surface area contributed by atoms with Crippen LogP contribution in [0.3, 0.4) is 0 Å². The summed E-state index contributed by atoms with van der Waals surface area (Å²) < 4.78 is 30.3. The lowest BCUT2D eigenvalue weighted by atomic mass is 10.3. The number of esters is 1. The van der Waals surface area contributed by atoms with Gasteiger partial charge in [0.25, 0.3) is 5.91 Å². The maximum atomic E-state index is 12.2. The van der Waals surface area contributed by atoms with Gasteiger partial charge in [0.1, 0.15) is 9.77 Å². The summed E-state index contributed by atoms with van der Waals surface area (Å²) in [4.78, 5) is 23.8. The third kappa shape index (κ3) is 4.79. The zero-order valence-corrected chi connectivity index (χ0v) is 15.7. The predicted molar refractivity (Wildman–Crippen MR) is 95.6 cm³/mol. The second-order valence-electron chi connectivity index (χ2n) is 5.03. The van der Waals surface area contributed by atoms with Crippen LogP contribution in [0.2, 0.25) is 5.02 Å². The molecule has 2 rings (SSSR count).